The minimum Gasteiger partial charge on any atom is -0.320 e. The van der Waals surface area contributed by atoms with Crippen molar-refractivity contribution in [2.45, 2.75) is 40.3 Å². The van der Waals surface area contributed by atoms with E-state index >= 15 is 0 Å². The van der Waals surface area contributed by atoms with Crippen LogP contribution in [0, 0.1) is 12.7 Å². The third-order valence-electron chi connectivity index (χ3n) is 6.54. The first-order valence-electron chi connectivity index (χ1n) is 12.1. The van der Waals surface area contributed by atoms with Gasteiger partial charge in [0, 0.05) is 45.0 Å². The molecule has 0 saturated carbocycles. The van der Waals surface area contributed by atoms with Gasteiger partial charge in [0.2, 0.25) is 5.95 Å². The number of likely N-dealkylation sites (N-methyl/N-ethyl adjacent to an activating group) is 1. The molecule has 0 spiro atoms. The van der Waals surface area contributed by atoms with E-state index in [9.17, 15) is 4.39 Å². The van der Waals surface area contributed by atoms with Crippen LogP contribution in [-0.2, 0) is 6.54 Å². The Morgan fingerprint density at radius 2 is 1.83 bits per heavy atom. The number of hydrogen-bond donors (Lipinski definition) is 1. The van der Waals surface area contributed by atoms with Gasteiger partial charge in [0.15, 0.2) is 5.82 Å². The summed E-state index contributed by atoms with van der Waals surface area (Å²) in [5, 5.41) is 3.13. The van der Waals surface area contributed by atoms with Crippen LogP contribution in [0.4, 0.5) is 16.2 Å². The molecule has 5 heterocycles. The summed E-state index contributed by atoms with van der Waals surface area (Å²) in [5.41, 5.74) is 3.26. The number of nitrogens with zero attached hydrogens (tertiary/aromatic N) is 7. The number of aromatic nitrogens is 5. The number of hydrogen-bond acceptors (Lipinski definition) is 8. The van der Waals surface area contributed by atoms with Crippen LogP contribution in [0.15, 0.2) is 30.9 Å². The van der Waals surface area contributed by atoms with E-state index in [0.717, 1.165) is 60.1 Å². The van der Waals surface area contributed by atoms with Crippen LogP contribution < -0.4 is 5.32 Å². The second kappa shape index (κ2) is 9.96. The average Bonchev–Trinajstić information content (AvgIpc) is 3.42. The van der Waals surface area contributed by atoms with E-state index in [1.165, 1.54) is 23.1 Å². The molecule has 0 aliphatic carbocycles. The van der Waals surface area contributed by atoms with Crippen molar-refractivity contribution in [1.82, 2.24) is 34.3 Å². The molecule has 8 nitrogen and oxygen atoms in total. The maximum atomic E-state index is 14.8. The van der Waals surface area contributed by atoms with Crippen molar-refractivity contribution < 1.29 is 4.39 Å². The number of nitrogens with one attached hydrogen (secondary N) is 1. The van der Waals surface area contributed by atoms with Gasteiger partial charge in [-0.3, -0.25) is 4.90 Å². The summed E-state index contributed by atoms with van der Waals surface area (Å²) >= 11 is 1.51. The monoisotopic (exact) mass is 494 g/mol. The van der Waals surface area contributed by atoms with Gasteiger partial charge in [0.05, 0.1) is 17.4 Å². The van der Waals surface area contributed by atoms with Crippen molar-refractivity contribution >= 4 is 33.5 Å². The standard InChI is InChI=1S/C25H31FN8S/c1-5-32-8-10-33(11-9-32)14-18-6-7-20(27-12-18)30-25-28-13-19(26)22(31-25)23-17(4)21-24(35-23)34(15-29-21)16(2)3/h6-7,12-13,15-16H,5,8-11,14H2,1-4H3,(H,27,28,30,31). The molecule has 1 N–H and O–H groups in total. The van der Waals surface area contributed by atoms with Gasteiger partial charge < -0.3 is 14.8 Å². The molecule has 0 aromatic carbocycles. The number of halogens is 1. The van der Waals surface area contributed by atoms with Gasteiger partial charge in [0.25, 0.3) is 0 Å². The van der Waals surface area contributed by atoms with E-state index in [4.69, 9.17) is 0 Å². The highest BCUT2D eigenvalue weighted by atomic mass is 32.1. The molecular formula is C25H31FN8S. The number of rotatable bonds is 7. The van der Waals surface area contributed by atoms with Crippen molar-refractivity contribution in [2.24, 2.45) is 0 Å². The molecule has 0 bridgehead atoms. The molecule has 0 unspecified atom stereocenters. The number of piperazine rings is 1. The zero-order chi connectivity index (χ0) is 24.5. The summed E-state index contributed by atoms with van der Waals surface area (Å²) in [7, 11) is 0. The van der Waals surface area contributed by atoms with E-state index in [0.29, 0.717) is 11.8 Å². The van der Waals surface area contributed by atoms with Crippen LogP contribution >= 0.6 is 11.3 Å². The maximum absolute atomic E-state index is 14.8. The minimum atomic E-state index is -0.454. The number of fused-ring (bicyclic) bond motifs is 1. The highest BCUT2D eigenvalue weighted by Gasteiger charge is 2.21. The topological polar surface area (TPSA) is 75.0 Å². The molecule has 0 radical (unpaired) electrons. The van der Waals surface area contributed by atoms with E-state index < -0.39 is 5.82 Å². The molecule has 35 heavy (non-hydrogen) atoms. The quantitative estimate of drug-likeness (QED) is 0.393. The highest BCUT2D eigenvalue weighted by molar-refractivity contribution is 7.22. The molecule has 1 aliphatic rings. The van der Waals surface area contributed by atoms with E-state index in [1.54, 1.807) is 0 Å². The fourth-order valence-electron chi connectivity index (χ4n) is 4.40. The highest BCUT2D eigenvalue weighted by Crippen LogP contribution is 2.38. The molecule has 5 rings (SSSR count). The number of imidazole rings is 1. The van der Waals surface area contributed by atoms with E-state index in [1.807, 2.05) is 25.5 Å². The maximum Gasteiger partial charge on any atom is 0.229 e. The molecule has 184 valence electrons. The fourth-order valence-corrected chi connectivity index (χ4v) is 5.75. The summed E-state index contributed by atoms with van der Waals surface area (Å²) in [4.78, 5) is 24.4. The van der Waals surface area contributed by atoms with Gasteiger partial charge in [-0.25, -0.2) is 24.3 Å². The zero-order valence-corrected chi connectivity index (χ0v) is 21.4. The van der Waals surface area contributed by atoms with Crippen LogP contribution in [0.1, 0.15) is 37.9 Å². The fraction of sp³-hybridized carbons (Fsp3) is 0.440. The number of aryl methyl sites for hydroxylation is 1. The first kappa shape index (κ1) is 23.8. The summed E-state index contributed by atoms with van der Waals surface area (Å²) in [5.74, 6) is 0.489. The second-order valence-electron chi connectivity index (χ2n) is 9.23. The lowest BCUT2D eigenvalue weighted by Gasteiger charge is -2.33. The lowest BCUT2D eigenvalue weighted by atomic mass is 10.2. The molecule has 4 aromatic heterocycles. The van der Waals surface area contributed by atoms with Gasteiger partial charge in [-0.15, -0.1) is 11.3 Å². The second-order valence-corrected chi connectivity index (χ2v) is 10.2. The Balaban J connectivity index is 1.32. The predicted molar refractivity (Wildman–Crippen MR) is 139 cm³/mol. The zero-order valence-electron chi connectivity index (χ0n) is 20.6. The van der Waals surface area contributed by atoms with Gasteiger partial charge >= 0.3 is 0 Å². The molecule has 0 atom stereocenters. The predicted octanol–water partition coefficient (Wildman–Crippen LogP) is 4.86. The van der Waals surface area contributed by atoms with Crippen LogP contribution in [0.2, 0.25) is 0 Å². The van der Waals surface area contributed by atoms with E-state index in [-0.39, 0.29) is 11.7 Å². The van der Waals surface area contributed by atoms with E-state index in [2.05, 4.69) is 66.5 Å². The summed E-state index contributed by atoms with van der Waals surface area (Å²) in [6.07, 6.45) is 4.93. The Morgan fingerprint density at radius 3 is 2.51 bits per heavy atom. The summed E-state index contributed by atoms with van der Waals surface area (Å²) in [6, 6.07) is 4.26. The van der Waals surface area contributed by atoms with Crippen LogP contribution in [-0.4, -0.2) is 67.0 Å². The third-order valence-corrected chi connectivity index (χ3v) is 7.84. The van der Waals surface area contributed by atoms with Crippen molar-refractivity contribution in [2.75, 3.05) is 38.0 Å². The Morgan fingerprint density at radius 1 is 1.06 bits per heavy atom. The summed E-state index contributed by atoms with van der Waals surface area (Å²) in [6.45, 7) is 14.8. The Bertz CT molecular complexity index is 1310. The average molecular weight is 495 g/mol. The minimum absolute atomic E-state index is 0.272. The number of anilines is 2. The molecule has 0 amide bonds. The lowest BCUT2D eigenvalue weighted by molar-refractivity contribution is 0.132. The molecule has 10 heteroatoms. The Kier molecular flexibility index (Phi) is 6.77. The normalized spacial score (nSPS) is 15.4. The van der Waals surface area contributed by atoms with Crippen LogP contribution in [0.5, 0.6) is 0 Å². The smallest absolute Gasteiger partial charge is 0.229 e. The molecule has 4 aromatic rings. The molecule has 1 fully saturated rings. The lowest BCUT2D eigenvalue weighted by Crippen LogP contribution is -2.45. The van der Waals surface area contributed by atoms with Gasteiger partial charge in [-0.1, -0.05) is 13.0 Å². The third kappa shape index (κ3) is 4.91. The number of pyridine rings is 1. The van der Waals surface area contributed by atoms with Gasteiger partial charge in [-0.05, 0) is 44.5 Å². The van der Waals surface area contributed by atoms with Crippen molar-refractivity contribution in [1.29, 1.82) is 0 Å². The number of thiophene rings is 1. The van der Waals surface area contributed by atoms with Gasteiger partial charge in [-0.2, -0.15) is 0 Å². The first-order valence-corrected chi connectivity index (χ1v) is 12.9. The molecular weight excluding hydrogens is 463 g/mol. The van der Waals surface area contributed by atoms with Gasteiger partial charge in [0.1, 0.15) is 21.9 Å². The molecule has 1 saturated heterocycles. The molecule has 1 aliphatic heterocycles. The van der Waals surface area contributed by atoms with Crippen molar-refractivity contribution in [3.8, 4) is 10.6 Å². The van der Waals surface area contributed by atoms with Crippen LogP contribution in [0.25, 0.3) is 20.9 Å². The Labute approximate surface area is 208 Å². The largest absolute Gasteiger partial charge is 0.320 e. The summed E-state index contributed by atoms with van der Waals surface area (Å²) < 4.78 is 16.9. The first-order chi connectivity index (χ1) is 16.9. The Hall–Kier alpha value is -2.95. The van der Waals surface area contributed by atoms with Crippen molar-refractivity contribution in [3.05, 3.63) is 47.8 Å². The SMILES string of the molecule is CCN1CCN(Cc2ccc(Nc3ncc(F)c(-c4sc5c(ncn5C(C)C)c4C)n3)nc2)CC1. The van der Waals surface area contributed by atoms with Crippen LogP contribution in [0.3, 0.4) is 0 Å². The van der Waals surface area contributed by atoms with Crippen molar-refractivity contribution in [3.63, 3.8) is 0 Å².